The molecule has 1 aliphatic heterocycles. The number of para-hydroxylation sites is 1. The molecule has 0 saturated carbocycles. The first-order chi connectivity index (χ1) is 12.3. The molecule has 0 bridgehead atoms. The van der Waals surface area contributed by atoms with E-state index in [-0.39, 0.29) is 22.8 Å². The first kappa shape index (κ1) is 18.1. The summed E-state index contributed by atoms with van der Waals surface area (Å²) >= 11 is 0. The standard InChI is InChI=1S/C17H17NO7S/c1-18(11-6-7-26(22,23)10-11)16(20)9-24-17(21)15-8-13(19)12-4-2-3-5-14(12)25-15/h2-5,8,11H,6-7,9-10H2,1H3. The van der Waals surface area contributed by atoms with E-state index >= 15 is 0 Å². The van der Waals surface area contributed by atoms with E-state index < -0.39 is 39.8 Å². The molecule has 0 N–H and O–H groups in total. The maximum Gasteiger partial charge on any atom is 0.374 e. The molecule has 2 heterocycles. The molecule has 9 heteroatoms. The molecular weight excluding hydrogens is 362 g/mol. The molecule has 1 atom stereocenters. The van der Waals surface area contributed by atoms with Gasteiger partial charge in [0.25, 0.3) is 5.91 Å². The van der Waals surface area contributed by atoms with Crippen LogP contribution < -0.4 is 5.43 Å². The second-order valence-electron chi connectivity index (χ2n) is 6.11. The first-order valence-corrected chi connectivity index (χ1v) is 9.75. The van der Waals surface area contributed by atoms with Crippen molar-refractivity contribution in [3.63, 3.8) is 0 Å². The zero-order valence-electron chi connectivity index (χ0n) is 14.0. The van der Waals surface area contributed by atoms with Crippen LogP contribution in [0.5, 0.6) is 0 Å². The van der Waals surface area contributed by atoms with Gasteiger partial charge in [-0.3, -0.25) is 9.59 Å². The van der Waals surface area contributed by atoms with Crippen molar-refractivity contribution in [3.05, 3.63) is 46.3 Å². The van der Waals surface area contributed by atoms with Gasteiger partial charge in [0.2, 0.25) is 5.76 Å². The summed E-state index contributed by atoms with van der Waals surface area (Å²) in [5.74, 6) is -1.81. The molecule has 1 aliphatic rings. The number of fused-ring (bicyclic) bond motifs is 1. The van der Waals surface area contributed by atoms with E-state index in [4.69, 9.17) is 9.15 Å². The van der Waals surface area contributed by atoms with Crippen molar-refractivity contribution in [2.45, 2.75) is 12.5 Å². The Morgan fingerprint density at radius 1 is 1.31 bits per heavy atom. The SMILES string of the molecule is CN(C(=O)COC(=O)c1cc(=O)c2ccccc2o1)C1CCS(=O)(=O)C1. The van der Waals surface area contributed by atoms with E-state index in [1.165, 1.54) is 11.9 Å². The highest BCUT2D eigenvalue weighted by Crippen LogP contribution is 2.17. The van der Waals surface area contributed by atoms with Gasteiger partial charge in [-0.25, -0.2) is 13.2 Å². The summed E-state index contributed by atoms with van der Waals surface area (Å²) in [6.07, 6.45) is 0.359. The number of amides is 1. The Balaban J connectivity index is 1.65. The summed E-state index contributed by atoms with van der Waals surface area (Å²) in [7, 11) is -1.66. The van der Waals surface area contributed by atoms with E-state index in [1.54, 1.807) is 24.3 Å². The average molecular weight is 379 g/mol. The Morgan fingerprint density at radius 2 is 2.04 bits per heavy atom. The molecule has 0 spiro atoms. The molecule has 1 saturated heterocycles. The molecule has 1 amide bonds. The number of benzene rings is 1. The number of nitrogens with zero attached hydrogens (tertiary/aromatic N) is 1. The van der Waals surface area contributed by atoms with Crippen molar-refractivity contribution in [1.82, 2.24) is 4.90 Å². The molecule has 8 nitrogen and oxygen atoms in total. The summed E-state index contributed by atoms with van der Waals surface area (Å²) in [4.78, 5) is 37.4. The van der Waals surface area contributed by atoms with E-state index in [9.17, 15) is 22.8 Å². The third kappa shape index (κ3) is 3.77. The van der Waals surface area contributed by atoms with Crippen LogP contribution in [0.1, 0.15) is 17.0 Å². The number of likely N-dealkylation sites (N-methyl/N-ethyl adjacent to an activating group) is 1. The van der Waals surface area contributed by atoms with Crippen LogP contribution in [0, 0.1) is 0 Å². The largest absolute Gasteiger partial charge is 0.450 e. The number of hydrogen-bond acceptors (Lipinski definition) is 7. The molecular formula is C17H17NO7S. The Hall–Kier alpha value is -2.68. The van der Waals surface area contributed by atoms with Crippen LogP contribution in [-0.4, -0.2) is 56.4 Å². The first-order valence-electron chi connectivity index (χ1n) is 7.93. The monoisotopic (exact) mass is 379 g/mol. The lowest BCUT2D eigenvalue weighted by Gasteiger charge is -2.23. The fourth-order valence-electron chi connectivity index (χ4n) is 2.79. The molecule has 0 aliphatic carbocycles. The number of carbonyl (C=O) groups is 2. The van der Waals surface area contributed by atoms with Gasteiger partial charge in [0.15, 0.2) is 21.9 Å². The zero-order valence-corrected chi connectivity index (χ0v) is 14.8. The van der Waals surface area contributed by atoms with E-state index in [0.717, 1.165) is 6.07 Å². The van der Waals surface area contributed by atoms with Crippen LogP contribution in [0.2, 0.25) is 0 Å². The Bertz CT molecular complexity index is 1020. The van der Waals surface area contributed by atoms with Gasteiger partial charge in [-0.2, -0.15) is 0 Å². The van der Waals surface area contributed by atoms with Gasteiger partial charge in [0.1, 0.15) is 5.58 Å². The summed E-state index contributed by atoms with van der Waals surface area (Å²) in [5.41, 5.74) is -0.148. The van der Waals surface area contributed by atoms with Crippen LogP contribution in [0.4, 0.5) is 0 Å². The molecule has 1 aromatic carbocycles. The van der Waals surface area contributed by atoms with Gasteiger partial charge in [-0.1, -0.05) is 12.1 Å². The van der Waals surface area contributed by atoms with Crippen LogP contribution in [0.3, 0.4) is 0 Å². The van der Waals surface area contributed by atoms with Crippen LogP contribution in [0.15, 0.2) is 39.5 Å². The summed E-state index contributed by atoms with van der Waals surface area (Å²) in [6, 6.07) is 7.05. The molecule has 1 unspecified atom stereocenters. The third-order valence-electron chi connectivity index (χ3n) is 4.31. The molecule has 26 heavy (non-hydrogen) atoms. The maximum atomic E-state index is 12.1. The van der Waals surface area contributed by atoms with Crippen molar-refractivity contribution >= 4 is 32.7 Å². The number of sulfone groups is 1. The fourth-order valence-corrected chi connectivity index (χ4v) is 4.56. The Kier molecular flexibility index (Phi) is 4.82. The highest BCUT2D eigenvalue weighted by molar-refractivity contribution is 7.91. The minimum Gasteiger partial charge on any atom is -0.450 e. The predicted molar refractivity (Wildman–Crippen MR) is 92.6 cm³/mol. The smallest absolute Gasteiger partial charge is 0.374 e. The molecule has 138 valence electrons. The van der Waals surface area contributed by atoms with Gasteiger partial charge in [-0.15, -0.1) is 0 Å². The van der Waals surface area contributed by atoms with Crippen molar-refractivity contribution < 1.29 is 27.2 Å². The predicted octanol–water partition coefficient (Wildman–Crippen LogP) is 0.595. The van der Waals surface area contributed by atoms with Crippen LogP contribution in [-0.2, 0) is 19.4 Å². The normalized spacial score (nSPS) is 18.6. The number of hydrogen-bond donors (Lipinski definition) is 0. The van der Waals surface area contributed by atoms with Gasteiger partial charge < -0.3 is 14.1 Å². The fraction of sp³-hybridized carbons (Fsp3) is 0.353. The summed E-state index contributed by atoms with van der Waals surface area (Å²) in [5, 5.41) is 0.335. The maximum absolute atomic E-state index is 12.1. The highest BCUT2D eigenvalue weighted by atomic mass is 32.2. The van der Waals surface area contributed by atoms with Crippen LogP contribution >= 0.6 is 0 Å². The zero-order chi connectivity index (χ0) is 18.9. The highest BCUT2D eigenvalue weighted by Gasteiger charge is 2.33. The average Bonchev–Trinajstić information content (AvgIpc) is 2.98. The van der Waals surface area contributed by atoms with Crippen molar-refractivity contribution in [2.75, 3.05) is 25.2 Å². The molecule has 0 radical (unpaired) electrons. The van der Waals surface area contributed by atoms with Crippen molar-refractivity contribution in [1.29, 1.82) is 0 Å². The van der Waals surface area contributed by atoms with Gasteiger partial charge >= 0.3 is 5.97 Å². The third-order valence-corrected chi connectivity index (χ3v) is 6.06. The van der Waals surface area contributed by atoms with Crippen molar-refractivity contribution in [2.24, 2.45) is 0 Å². The summed E-state index contributed by atoms with van der Waals surface area (Å²) < 4.78 is 33.2. The molecule has 2 aromatic rings. The minimum atomic E-state index is -3.13. The van der Waals surface area contributed by atoms with Gasteiger partial charge in [0.05, 0.1) is 16.9 Å². The lowest BCUT2D eigenvalue weighted by molar-refractivity contribution is -0.134. The number of carbonyl (C=O) groups excluding carboxylic acids is 2. The lowest BCUT2D eigenvalue weighted by Crippen LogP contribution is -2.40. The quantitative estimate of drug-likeness (QED) is 0.715. The molecule has 1 aromatic heterocycles. The second kappa shape index (κ2) is 6.91. The molecule has 3 rings (SSSR count). The van der Waals surface area contributed by atoms with E-state index in [1.807, 2.05) is 0 Å². The van der Waals surface area contributed by atoms with Gasteiger partial charge in [-0.05, 0) is 18.6 Å². The van der Waals surface area contributed by atoms with E-state index in [2.05, 4.69) is 0 Å². The number of esters is 1. The topological polar surface area (TPSA) is 111 Å². The van der Waals surface area contributed by atoms with Crippen LogP contribution in [0.25, 0.3) is 11.0 Å². The van der Waals surface area contributed by atoms with E-state index in [0.29, 0.717) is 11.8 Å². The Morgan fingerprint density at radius 3 is 2.73 bits per heavy atom. The second-order valence-corrected chi connectivity index (χ2v) is 8.34. The van der Waals surface area contributed by atoms with Crippen molar-refractivity contribution in [3.8, 4) is 0 Å². The number of rotatable bonds is 4. The summed E-state index contributed by atoms with van der Waals surface area (Å²) in [6.45, 7) is -0.567. The minimum absolute atomic E-state index is 0.0390. The van der Waals surface area contributed by atoms with Gasteiger partial charge in [0, 0.05) is 19.2 Å². The Labute approximate surface area is 149 Å². The molecule has 1 fully saturated rings. The lowest BCUT2D eigenvalue weighted by atomic mass is 10.2. The number of ether oxygens (including phenoxy) is 1.